The van der Waals surface area contributed by atoms with Crippen LogP contribution in [0.4, 0.5) is 0 Å². The maximum Gasteiger partial charge on any atom is 0.335 e. The normalized spacial score (nSPS) is 15.7. The highest BCUT2D eigenvalue weighted by molar-refractivity contribution is 5.98. The molecule has 1 aliphatic carbocycles. The molecule has 1 aliphatic rings. The number of carbonyl (C=O) groups is 2. The van der Waals surface area contributed by atoms with E-state index in [1.165, 1.54) is 13.0 Å². The number of hydrogen-bond acceptors (Lipinski definition) is 3. The average molecular weight is 334 g/mol. The van der Waals surface area contributed by atoms with Crippen molar-refractivity contribution in [2.45, 2.75) is 19.6 Å². The molecule has 126 valence electrons. The Kier molecular flexibility index (Phi) is 4.63. The molecule has 0 heterocycles. The molecule has 0 spiro atoms. The Morgan fingerprint density at radius 3 is 2.56 bits per heavy atom. The molecule has 0 aliphatic heterocycles. The second-order valence-corrected chi connectivity index (χ2v) is 5.99. The molecule has 2 aromatic carbocycles. The van der Waals surface area contributed by atoms with E-state index in [9.17, 15) is 14.7 Å². The summed E-state index contributed by atoms with van der Waals surface area (Å²) in [6, 6.07) is 12.8. The molecule has 0 amide bonds. The van der Waals surface area contributed by atoms with Gasteiger partial charge in [0.2, 0.25) is 0 Å². The van der Waals surface area contributed by atoms with Crippen molar-refractivity contribution in [1.29, 1.82) is 0 Å². The minimum Gasteiger partial charge on any atom is -0.478 e. The maximum atomic E-state index is 12.0. The number of Topliss-reactive ketones (excluding diaryl/α,β-unsaturated/α-hetero) is 1. The summed E-state index contributed by atoms with van der Waals surface area (Å²) in [4.78, 5) is 23.3. The zero-order chi connectivity index (χ0) is 18.0. The number of carboxylic acids is 1. The quantitative estimate of drug-likeness (QED) is 0.852. The number of fused-ring (bicyclic) bond motifs is 1. The van der Waals surface area contributed by atoms with Crippen molar-refractivity contribution in [2.24, 2.45) is 0 Å². The van der Waals surface area contributed by atoms with Gasteiger partial charge >= 0.3 is 5.97 Å². The number of carbonyl (C=O) groups excluding carboxylic acids is 1. The number of carboxylic acid groups (broad SMARTS) is 1. The largest absolute Gasteiger partial charge is 0.478 e. The summed E-state index contributed by atoms with van der Waals surface area (Å²) in [7, 11) is 0. The fourth-order valence-electron chi connectivity index (χ4n) is 2.85. The SMILES string of the molecule is C=C1C=c2cc(C(=O)O)cc(C(C)=O)c2=CC1OCc1ccccc1. The smallest absolute Gasteiger partial charge is 0.335 e. The van der Waals surface area contributed by atoms with Gasteiger partial charge in [0, 0.05) is 5.56 Å². The highest BCUT2D eigenvalue weighted by Crippen LogP contribution is 2.14. The van der Waals surface area contributed by atoms with Crippen LogP contribution in [0.1, 0.15) is 33.2 Å². The van der Waals surface area contributed by atoms with E-state index in [2.05, 4.69) is 6.58 Å². The minimum atomic E-state index is -1.06. The lowest BCUT2D eigenvalue weighted by molar-refractivity contribution is 0.0696. The Morgan fingerprint density at radius 2 is 1.92 bits per heavy atom. The average Bonchev–Trinajstić information content (AvgIpc) is 2.59. The summed E-state index contributed by atoms with van der Waals surface area (Å²) in [5, 5.41) is 10.6. The van der Waals surface area contributed by atoms with Gasteiger partial charge in [0.15, 0.2) is 5.78 Å². The van der Waals surface area contributed by atoms with Gasteiger partial charge in [-0.25, -0.2) is 4.79 Å². The van der Waals surface area contributed by atoms with Crippen molar-refractivity contribution in [1.82, 2.24) is 0 Å². The van der Waals surface area contributed by atoms with E-state index in [1.807, 2.05) is 36.4 Å². The van der Waals surface area contributed by atoms with Crippen LogP contribution in [-0.2, 0) is 11.3 Å². The van der Waals surface area contributed by atoms with Gasteiger partial charge in [0.1, 0.15) is 6.10 Å². The molecule has 0 saturated carbocycles. The van der Waals surface area contributed by atoms with Crippen LogP contribution >= 0.6 is 0 Å². The predicted octanol–water partition coefficient (Wildman–Crippen LogP) is 2.30. The van der Waals surface area contributed by atoms with Crippen molar-refractivity contribution in [3.63, 3.8) is 0 Å². The molecule has 0 bridgehead atoms. The molecule has 3 rings (SSSR count). The number of ether oxygens (including phenoxy) is 1. The van der Waals surface area contributed by atoms with Gasteiger partial charge in [-0.15, -0.1) is 0 Å². The van der Waals surface area contributed by atoms with Crippen molar-refractivity contribution in [3.8, 4) is 0 Å². The fraction of sp³-hybridized carbons (Fsp3) is 0.143. The third-order valence-electron chi connectivity index (χ3n) is 4.14. The predicted molar refractivity (Wildman–Crippen MR) is 95.7 cm³/mol. The number of aromatic carboxylic acids is 1. The third kappa shape index (κ3) is 3.59. The second kappa shape index (κ2) is 6.87. The summed E-state index contributed by atoms with van der Waals surface area (Å²) in [5.74, 6) is -1.25. The minimum absolute atomic E-state index is 0.0880. The van der Waals surface area contributed by atoms with Crippen LogP contribution in [0, 0.1) is 0 Å². The van der Waals surface area contributed by atoms with Gasteiger partial charge < -0.3 is 9.84 Å². The summed E-state index contributed by atoms with van der Waals surface area (Å²) < 4.78 is 5.94. The molecule has 1 atom stereocenters. The molecule has 25 heavy (non-hydrogen) atoms. The van der Waals surface area contributed by atoms with Gasteiger partial charge in [-0.2, -0.15) is 0 Å². The Bertz CT molecular complexity index is 971. The topological polar surface area (TPSA) is 63.6 Å². The van der Waals surface area contributed by atoms with E-state index in [-0.39, 0.29) is 17.5 Å². The molecular weight excluding hydrogens is 316 g/mol. The first-order chi connectivity index (χ1) is 12.0. The van der Waals surface area contributed by atoms with Crippen LogP contribution in [0.25, 0.3) is 12.2 Å². The van der Waals surface area contributed by atoms with Gasteiger partial charge in [0.05, 0.1) is 12.2 Å². The Hall–Kier alpha value is -2.98. The number of hydrogen-bond donors (Lipinski definition) is 1. The standard InChI is InChI=1S/C21H18O4/c1-13-8-16-9-17(21(23)24)10-18(14(2)22)19(16)11-20(13)25-12-15-6-4-3-5-7-15/h3-11,20H,1,12H2,2H3,(H,23,24). The molecule has 4 heteroatoms. The Morgan fingerprint density at radius 1 is 1.20 bits per heavy atom. The third-order valence-corrected chi connectivity index (χ3v) is 4.14. The van der Waals surface area contributed by atoms with Gasteiger partial charge in [-0.05, 0) is 52.8 Å². The molecule has 0 saturated heterocycles. The van der Waals surface area contributed by atoms with Crippen LogP contribution in [-0.4, -0.2) is 23.0 Å². The van der Waals surface area contributed by atoms with Crippen LogP contribution < -0.4 is 10.4 Å². The van der Waals surface area contributed by atoms with Gasteiger partial charge in [-0.1, -0.05) is 36.9 Å². The monoisotopic (exact) mass is 334 g/mol. The molecule has 0 radical (unpaired) electrons. The highest BCUT2D eigenvalue weighted by Gasteiger charge is 2.17. The maximum absolute atomic E-state index is 12.0. The summed E-state index contributed by atoms with van der Waals surface area (Å²) in [6.07, 6.45) is 3.26. The van der Waals surface area contributed by atoms with E-state index >= 15 is 0 Å². The highest BCUT2D eigenvalue weighted by atomic mass is 16.5. The van der Waals surface area contributed by atoms with Crippen LogP contribution in [0.5, 0.6) is 0 Å². The zero-order valence-electron chi connectivity index (χ0n) is 13.9. The van der Waals surface area contributed by atoms with E-state index in [0.717, 1.165) is 11.1 Å². The molecule has 4 nitrogen and oxygen atoms in total. The first-order valence-corrected chi connectivity index (χ1v) is 7.92. The van der Waals surface area contributed by atoms with E-state index in [1.54, 1.807) is 12.1 Å². The first kappa shape index (κ1) is 16.9. The first-order valence-electron chi connectivity index (χ1n) is 7.92. The molecule has 2 aromatic rings. The van der Waals surface area contributed by atoms with Gasteiger partial charge in [-0.3, -0.25) is 4.79 Å². The summed E-state index contributed by atoms with van der Waals surface area (Å²) in [6.45, 7) is 5.86. The Labute approximate surface area is 145 Å². The van der Waals surface area contributed by atoms with E-state index in [4.69, 9.17) is 4.74 Å². The number of benzene rings is 2. The molecule has 0 aromatic heterocycles. The van der Waals surface area contributed by atoms with Crippen molar-refractivity contribution in [3.05, 3.63) is 81.7 Å². The van der Waals surface area contributed by atoms with Crippen LogP contribution in [0.3, 0.4) is 0 Å². The zero-order valence-corrected chi connectivity index (χ0v) is 13.9. The second-order valence-electron chi connectivity index (χ2n) is 5.99. The lowest BCUT2D eigenvalue weighted by Gasteiger charge is -2.19. The lowest BCUT2D eigenvalue weighted by Crippen LogP contribution is -2.37. The Balaban J connectivity index is 2.00. The fourth-order valence-corrected chi connectivity index (χ4v) is 2.85. The number of ketones is 1. The van der Waals surface area contributed by atoms with Gasteiger partial charge in [0.25, 0.3) is 0 Å². The molecular formula is C21H18O4. The van der Waals surface area contributed by atoms with E-state index < -0.39 is 5.97 Å². The number of rotatable bonds is 5. The molecule has 0 fully saturated rings. The van der Waals surface area contributed by atoms with Crippen LogP contribution in [0.15, 0.2) is 54.6 Å². The van der Waals surface area contributed by atoms with Crippen LogP contribution in [0.2, 0.25) is 0 Å². The lowest BCUT2D eigenvalue weighted by atomic mass is 9.95. The summed E-state index contributed by atoms with van der Waals surface area (Å²) in [5.41, 5.74) is 2.24. The molecule has 1 N–H and O–H groups in total. The van der Waals surface area contributed by atoms with E-state index in [0.29, 0.717) is 22.6 Å². The van der Waals surface area contributed by atoms with Crippen molar-refractivity contribution < 1.29 is 19.4 Å². The van der Waals surface area contributed by atoms with Crippen molar-refractivity contribution >= 4 is 23.9 Å². The molecule has 1 unspecified atom stereocenters. The summed E-state index contributed by atoms with van der Waals surface area (Å²) >= 11 is 0. The van der Waals surface area contributed by atoms with Crippen molar-refractivity contribution in [2.75, 3.05) is 0 Å².